The number of ether oxygens (including phenoxy) is 2. The van der Waals surface area contributed by atoms with E-state index >= 15 is 0 Å². The molecule has 7 nitrogen and oxygen atoms in total. The van der Waals surface area contributed by atoms with Crippen molar-refractivity contribution in [3.05, 3.63) is 0 Å². The molecule has 0 saturated carbocycles. The summed E-state index contributed by atoms with van der Waals surface area (Å²) in [5.41, 5.74) is 0. The van der Waals surface area contributed by atoms with E-state index in [1.807, 2.05) is 6.92 Å². The molecule has 0 fully saturated rings. The van der Waals surface area contributed by atoms with Crippen molar-refractivity contribution in [2.24, 2.45) is 11.8 Å². The molecule has 7 heteroatoms. The standard InChI is InChI=1S/C43H84N2O5/c1-7-12-16-20-22-26-30-39(28-24-18-14-9-3)42(47)49-35-33-45(41(46)37-38(6)44-32-11-5)34-36-50-43(48)40(29-25-19-15-10-4)31-27-23-21-17-13-8-2/h38-40,44H,7-37H2,1-6H3. The molecule has 0 radical (unpaired) electrons. The number of esters is 2. The van der Waals surface area contributed by atoms with Crippen LogP contribution in [0.2, 0.25) is 0 Å². The molecule has 0 heterocycles. The van der Waals surface area contributed by atoms with E-state index in [1.165, 1.54) is 89.9 Å². The molecular formula is C43H84N2O5. The van der Waals surface area contributed by atoms with Gasteiger partial charge in [0.2, 0.25) is 5.91 Å². The zero-order valence-corrected chi connectivity index (χ0v) is 34.1. The van der Waals surface area contributed by atoms with Crippen molar-refractivity contribution in [3.63, 3.8) is 0 Å². The van der Waals surface area contributed by atoms with Crippen LogP contribution in [0.5, 0.6) is 0 Å². The van der Waals surface area contributed by atoms with Gasteiger partial charge in [0.05, 0.1) is 24.9 Å². The van der Waals surface area contributed by atoms with Crippen molar-refractivity contribution < 1.29 is 23.9 Å². The Kier molecular flexibility index (Phi) is 34.6. The first kappa shape index (κ1) is 48.4. The van der Waals surface area contributed by atoms with Crippen molar-refractivity contribution in [1.29, 1.82) is 0 Å². The summed E-state index contributed by atoms with van der Waals surface area (Å²) >= 11 is 0. The van der Waals surface area contributed by atoms with Crippen molar-refractivity contribution in [3.8, 4) is 0 Å². The van der Waals surface area contributed by atoms with Gasteiger partial charge in [0.1, 0.15) is 13.2 Å². The van der Waals surface area contributed by atoms with Gasteiger partial charge in [-0.15, -0.1) is 0 Å². The first-order valence-electron chi connectivity index (χ1n) is 21.7. The average Bonchev–Trinajstić information content (AvgIpc) is 3.11. The van der Waals surface area contributed by atoms with Gasteiger partial charge < -0.3 is 19.7 Å². The summed E-state index contributed by atoms with van der Waals surface area (Å²) in [6, 6.07) is 0.0460. The maximum Gasteiger partial charge on any atom is 0.308 e. The van der Waals surface area contributed by atoms with Crippen molar-refractivity contribution in [1.82, 2.24) is 10.2 Å². The van der Waals surface area contributed by atoms with E-state index in [-0.39, 0.29) is 48.9 Å². The van der Waals surface area contributed by atoms with Crippen molar-refractivity contribution >= 4 is 17.8 Å². The van der Waals surface area contributed by atoms with Crippen LogP contribution in [-0.4, -0.2) is 61.6 Å². The van der Waals surface area contributed by atoms with Gasteiger partial charge >= 0.3 is 11.9 Å². The highest BCUT2D eigenvalue weighted by atomic mass is 16.5. The third-order valence-corrected chi connectivity index (χ3v) is 10.1. The summed E-state index contributed by atoms with van der Waals surface area (Å²) in [7, 11) is 0. The van der Waals surface area contributed by atoms with E-state index in [0.717, 1.165) is 77.2 Å². The van der Waals surface area contributed by atoms with Gasteiger partial charge in [0, 0.05) is 12.5 Å². The summed E-state index contributed by atoms with van der Waals surface area (Å²) < 4.78 is 11.7. The number of hydrogen-bond donors (Lipinski definition) is 1. The number of carbonyl (C=O) groups is 3. The molecule has 296 valence electrons. The number of hydrogen-bond acceptors (Lipinski definition) is 6. The van der Waals surface area contributed by atoms with E-state index in [9.17, 15) is 14.4 Å². The van der Waals surface area contributed by atoms with E-state index in [4.69, 9.17) is 9.47 Å². The Morgan fingerprint density at radius 3 is 1.20 bits per heavy atom. The highest BCUT2D eigenvalue weighted by Crippen LogP contribution is 2.22. The number of unbranched alkanes of at least 4 members (excludes halogenated alkanes) is 16. The molecule has 0 aromatic carbocycles. The molecular weight excluding hydrogens is 624 g/mol. The molecule has 1 amide bonds. The van der Waals surface area contributed by atoms with Crippen LogP contribution in [-0.2, 0) is 23.9 Å². The zero-order valence-electron chi connectivity index (χ0n) is 34.1. The topological polar surface area (TPSA) is 84.9 Å². The minimum absolute atomic E-state index is 0.000379. The maximum absolute atomic E-state index is 13.4. The first-order valence-corrected chi connectivity index (χ1v) is 21.7. The fraction of sp³-hybridized carbons (Fsp3) is 0.930. The van der Waals surface area contributed by atoms with Crippen LogP contribution in [0.3, 0.4) is 0 Å². The molecule has 3 atom stereocenters. The minimum Gasteiger partial charge on any atom is -0.464 e. The summed E-state index contributed by atoms with van der Waals surface area (Å²) in [5.74, 6) is -0.371. The van der Waals surface area contributed by atoms with Gasteiger partial charge in [-0.1, -0.05) is 163 Å². The third-order valence-electron chi connectivity index (χ3n) is 10.1. The molecule has 0 aromatic heterocycles. The highest BCUT2D eigenvalue weighted by Gasteiger charge is 2.23. The Bertz CT molecular complexity index is 741. The average molecular weight is 709 g/mol. The quantitative estimate of drug-likeness (QED) is 0.0511. The lowest BCUT2D eigenvalue weighted by Gasteiger charge is -2.25. The number of nitrogens with zero attached hydrogens (tertiary/aromatic N) is 1. The number of carbonyl (C=O) groups excluding carboxylic acids is 3. The lowest BCUT2D eigenvalue weighted by atomic mass is 9.94. The lowest BCUT2D eigenvalue weighted by molar-refractivity contribution is -0.152. The van der Waals surface area contributed by atoms with Crippen LogP contribution in [0.15, 0.2) is 0 Å². The molecule has 0 aromatic rings. The van der Waals surface area contributed by atoms with Gasteiger partial charge in [-0.25, -0.2) is 0 Å². The molecule has 0 rings (SSSR count). The van der Waals surface area contributed by atoms with E-state index in [1.54, 1.807) is 4.90 Å². The second-order valence-electron chi connectivity index (χ2n) is 15.0. The number of rotatable bonds is 37. The second kappa shape index (κ2) is 35.8. The second-order valence-corrected chi connectivity index (χ2v) is 15.0. The van der Waals surface area contributed by atoms with Crippen LogP contribution >= 0.6 is 0 Å². The summed E-state index contributed by atoms with van der Waals surface area (Å²) in [4.78, 5) is 41.7. The monoisotopic (exact) mass is 709 g/mol. The molecule has 1 N–H and O–H groups in total. The Labute approximate surface area is 310 Å². The predicted octanol–water partition coefficient (Wildman–Crippen LogP) is 11.4. The van der Waals surface area contributed by atoms with E-state index in [2.05, 4.69) is 39.9 Å². The van der Waals surface area contributed by atoms with Crippen molar-refractivity contribution in [2.45, 2.75) is 215 Å². The SMILES string of the molecule is CCCCCCCCC(CCCCCC)C(=O)OCCN(CCOC(=O)C(CCCCCC)CCCCCCCC)C(=O)CC(C)NCCC. The Morgan fingerprint density at radius 1 is 0.500 bits per heavy atom. The Balaban J connectivity index is 5.25. The van der Waals surface area contributed by atoms with E-state index in [0.29, 0.717) is 19.5 Å². The maximum atomic E-state index is 13.4. The van der Waals surface area contributed by atoms with Crippen LogP contribution < -0.4 is 5.32 Å². The largest absolute Gasteiger partial charge is 0.464 e. The molecule has 0 aliphatic carbocycles. The minimum atomic E-state index is -0.118. The van der Waals surface area contributed by atoms with Crippen LogP contribution in [0.25, 0.3) is 0 Å². The van der Waals surface area contributed by atoms with E-state index < -0.39 is 0 Å². The fourth-order valence-corrected chi connectivity index (χ4v) is 6.70. The van der Waals surface area contributed by atoms with Crippen molar-refractivity contribution in [2.75, 3.05) is 32.8 Å². The van der Waals surface area contributed by atoms with Gasteiger partial charge in [-0.3, -0.25) is 14.4 Å². The molecule has 0 bridgehead atoms. The third kappa shape index (κ3) is 28.0. The molecule has 3 unspecified atom stereocenters. The first-order chi connectivity index (χ1) is 24.3. The van der Waals surface area contributed by atoms with Crippen LogP contribution in [0.4, 0.5) is 0 Å². The molecule has 0 aliphatic heterocycles. The highest BCUT2D eigenvalue weighted by molar-refractivity contribution is 5.77. The number of nitrogens with one attached hydrogen (secondary N) is 1. The summed E-state index contributed by atoms with van der Waals surface area (Å²) in [5, 5.41) is 3.41. The lowest BCUT2D eigenvalue weighted by Crippen LogP contribution is -2.41. The fourth-order valence-electron chi connectivity index (χ4n) is 6.70. The van der Waals surface area contributed by atoms with Crippen LogP contribution in [0, 0.1) is 11.8 Å². The van der Waals surface area contributed by atoms with Crippen LogP contribution in [0.1, 0.15) is 208 Å². The summed E-state index contributed by atoms with van der Waals surface area (Å²) in [6.45, 7) is 14.9. The Hall–Kier alpha value is -1.63. The van der Waals surface area contributed by atoms with Gasteiger partial charge in [0.15, 0.2) is 0 Å². The Morgan fingerprint density at radius 2 is 0.840 bits per heavy atom. The molecule has 50 heavy (non-hydrogen) atoms. The molecule has 0 spiro atoms. The summed E-state index contributed by atoms with van der Waals surface area (Å²) in [6.07, 6.45) is 28.6. The molecule has 0 aliphatic rings. The molecule has 0 saturated heterocycles. The van der Waals surface area contributed by atoms with Gasteiger partial charge in [0.25, 0.3) is 0 Å². The van der Waals surface area contributed by atoms with Gasteiger partial charge in [-0.2, -0.15) is 0 Å². The van der Waals surface area contributed by atoms with Gasteiger partial charge in [-0.05, 0) is 45.6 Å². The zero-order chi connectivity index (χ0) is 37.1. The normalized spacial score (nSPS) is 13.2. The predicted molar refractivity (Wildman–Crippen MR) is 211 cm³/mol. The number of amides is 1. The smallest absolute Gasteiger partial charge is 0.308 e.